The van der Waals surface area contributed by atoms with E-state index in [1.807, 2.05) is 11.1 Å². The molecule has 3 rings (SSSR count). The van der Waals surface area contributed by atoms with E-state index < -0.39 is 0 Å². The first kappa shape index (κ1) is 15.0. The zero-order chi connectivity index (χ0) is 15.4. The first-order valence-corrected chi connectivity index (χ1v) is 7.75. The summed E-state index contributed by atoms with van der Waals surface area (Å²) in [5, 5.41) is 3.93. The normalized spacial score (nSPS) is 16.0. The van der Waals surface area contributed by atoms with Crippen LogP contribution in [0.5, 0.6) is 0 Å². The van der Waals surface area contributed by atoms with Gasteiger partial charge in [-0.1, -0.05) is 16.8 Å². The van der Waals surface area contributed by atoms with Crippen molar-refractivity contribution in [3.8, 4) is 0 Å². The molecule has 1 aliphatic rings. The van der Waals surface area contributed by atoms with E-state index >= 15 is 0 Å². The smallest absolute Gasteiger partial charge is 0.223 e. The minimum Gasteiger partial charge on any atom is -0.360 e. The fourth-order valence-corrected chi connectivity index (χ4v) is 2.90. The molecule has 0 aromatic carbocycles. The molecule has 1 aliphatic heterocycles. The average molecular weight is 321 g/mol. The second kappa shape index (κ2) is 6.87. The number of likely N-dealkylation sites (tertiary alicyclic amines) is 1. The van der Waals surface area contributed by atoms with Crippen LogP contribution in [0.2, 0.25) is 5.15 Å². The van der Waals surface area contributed by atoms with Gasteiger partial charge >= 0.3 is 0 Å². The maximum absolute atomic E-state index is 12.2. The van der Waals surface area contributed by atoms with Crippen LogP contribution in [-0.2, 0) is 11.2 Å². The van der Waals surface area contributed by atoms with Crippen molar-refractivity contribution >= 4 is 17.5 Å². The Morgan fingerprint density at radius 1 is 1.36 bits per heavy atom. The Morgan fingerprint density at radius 3 is 2.82 bits per heavy atom. The highest BCUT2D eigenvalue weighted by molar-refractivity contribution is 6.29. The Bertz CT molecular complexity index is 623. The predicted molar refractivity (Wildman–Crippen MR) is 80.4 cm³/mol. The van der Waals surface area contributed by atoms with E-state index in [1.54, 1.807) is 18.5 Å². The summed E-state index contributed by atoms with van der Waals surface area (Å²) in [5.74, 6) is 1.18. The number of rotatable bonds is 4. The topological polar surface area (TPSA) is 72.1 Å². The zero-order valence-corrected chi connectivity index (χ0v) is 12.9. The molecule has 0 aliphatic carbocycles. The van der Waals surface area contributed by atoms with Gasteiger partial charge in [-0.15, -0.1) is 0 Å². The summed E-state index contributed by atoms with van der Waals surface area (Å²) in [6.45, 7) is 1.52. The van der Waals surface area contributed by atoms with Gasteiger partial charge in [-0.25, -0.2) is 0 Å². The molecule has 0 atom stereocenters. The summed E-state index contributed by atoms with van der Waals surface area (Å²) in [7, 11) is 0. The number of nitrogens with zero attached hydrogens (tertiary/aromatic N) is 4. The molecule has 0 saturated carbocycles. The second-order valence-corrected chi connectivity index (χ2v) is 5.79. The van der Waals surface area contributed by atoms with Crippen molar-refractivity contribution < 1.29 is 9.32 Å². The van der Waals surface area contributed by atoms with Gasteiger partial charge in [0.05, 0.1) is 5.69 Å². The molecule has 0 unspecified atom stereocenters. The van der Waals surface area contributed by atoms with Gasteiger partial charge in [0.1, 0.15) is 5.76 Å². The molecule has 3 heterocycles. The van der Waals surface area contributed by atoms with Gasteiger partial charge in [0.2, 0.25) is 5.91 Å². The van der Waals surface area contributed by atoms with Crippen LogP contribution in [0.15, 0.2) is 29.2 Å². The largest absolute Gasteiger partial charge is 0.360 e. The summed E-state index contributed by atoms with van der Waals surface area (Å²) in [6, 6.07) is 1.65. The molecule has 116 valence electrons. The lowest BCUT2D eigenvalue weighted by atomic mass is 9.93. The molecular weight excluding hydrogens is 304 g/mol. The third-order valence-electron chi connectivity index (χ3n) is 3.96. The van der Waals surface area contributed by atoms with Crippen molar-refractivity contribution in [1.29, 1.82) is 0 Å². The monoisotopic (exact) mass is 320 g/mol. The van der Waals surface area contributed by atoms with Gasteiger partial charge in [0, 0.05) is 56.5 Å². The maximum atomic E-state index is 12.2. The van der Waals surface area contributed by atoms with Crippen LogP contribution in [0.4, 0.5) is 0 Å². The van der Waals surface area contributed by atoms with Crippen molar-refractivity contribution in [3.05, 3.63) is 41.3 Å². The number of hydrogen-bond acceptors (Lipinski definition) is 5. The van der Waals surface area contributed by atoms with Crippen LogP contribution in [0, 0.1) is 0 Å². The van der Waals surface area contributed by atoms with Crippen LogP contribution in [0.25, 0.3) is 0 Å². The molecule has 1 saturated heterocycles. The van der Waals surface area contributed by atoms with Crippen molar-refractivity contribution in [2.24, 2.45) is 0 Å². The first-order chi connectivity index (χ1) is 10.7. The average Bonchev–Trinajstić information content (AvgIpc) is 2.99. The second-order valence-electron chi connectivity index (χ2n) is 5.40. The lowest BCUT2D eigenvalue weighted by Crippen LogP contribution is -2.38. The molecule has 22 heavy (non-hydrogen) atoms. The minimum absolute atomic E-state index is 0.144. The fraction of sp³-hybridized carbons (Fsp3) is 0.467. The van der Waals surface area contributed by atoms with Gasteiger partial charge in [-0.3, -0.25) is 14.8 Å². The van der Waals surface area contributed by atoms with E-state index in [9.17, 15) is 4.79 Å². The van der Waals surface area contributed by atoms with Crippen LogP contribution in [-0.4, -0.2) is 39.0 Å². The minimum atomic E-state index is 0.144. The Hall–Kier alpha value is -1.95. The summed E-state index contributed by atoms with van der Waals surface area (Å²) in [6.07, 6.45) is 8.02. The van der Waals surface area contributed by atoms with Crippen LogP contribution >= 0.6 is 11.6 Å². The highest BCUT2D eigenvalue weighted by atomic mass is 35.5. The molecule has 0 bridgehead atoms. The summed E-state index contributed by atoms with van der Waals surface area (Å²) < 4.78 is 5.01. The Morgan fingerprint density at radius 2 is 2.18 bits per heavy atom. The SMILES string of the molecule is O=C(CCc1cc(Cl)no1)N1CCC(c2cnccn2)CC1. The lowest BCUT2D eigenvalue weighted by Gasteiger charge is -2.31. The Labute approximate surface area is 133 Å². The third kappa shape index (κ3) is 3.62. The highest BCUT2D eigenvalue weighted by Gasteiger charge is 2.24. The lowest BCUT2D eigenvalue weighted by molar-refractivity contribution is -0.132. The molecular formula is C15H17ClN4O2. The van der Waals surface area contributed by atoms with E-state index in [0.29, 0.717) is 29.7 Å². The van der Waals surface area contributed by atoms with Gasteiger partial charge < -0.3 is 9.42 Å². The number of amides is 1. The van der Waals surface area contributed by atoms with E-state index in [-0.39, 0.29) is 5.91 Å². The number of hydrogen-bond donors (Lipinski definition) is 0. The number of piperidine rings is 1. The molecule has 7 heteroatoms. The van der Waals surface area contributed by atoms with E-state index in [4.69, 9.17) is 16.1 Å². The number of carbonyl (C=O) groups is 1. The molecule has 0 spiro atoms. The maximum Gasteiger partial charge on any atom is 0.223 e. The van der Waals surface area contributed by atoms with E-state index in [2.05, 4.69) is 15.1 Å². The summed E-state index contributed by atoms with van der Waals surface area (Å²) in [4.78, 5) is 22.6. The summed E-state index contributed by atoms with van der Waals surface area (Å²) in [5.41, 5.74) is 1.02. The van der Waals surface area contributed by atoms with Gasteiger partial charge in [0.15, 0.2) is 5.15 Å². The van der Waals surface area contributed by atoms with Gasteiger partial charge in [-0.05, 0) is 12.8 Å². The van der Waals surface area contributed by atoms with E-state index in [1.165, 1.54) is 0 Å². The number of aromatic nitrogens is 3. The number of halogens is 1. The molecule has 0 radical (unpaired) electrons. The predicted octanol–water partition coefficient (Wildman–Crippen LogP) is 2.46. The zero-order valence-electron chi connectivity index (χ0n) is 12.1. The summed E-state index contributed by atoms with van der Waals surface area (Å²) >= 11 is 5.69. The molecule has 2 aromatic heterocycles. The van der Waals surface area contributed by atoms with E-state index in [0.717, 1.165) is 31.6 Å². The fourth-order valence-electron chi connectivity index (χ4n) is 2.74. The highest BCUT2D eigenvalue weighted by Crippen LogP contribution is 2.26. The van der Waals surface area contributed by atoms with Gasteiger partial charge in [-0.2, -0.15) is 0 Å². The molecule has 0 N–H and O–H groups in total. The van der Waals surface area contributed by atoms with Crippen molar-refractivity contribution in [3.63, 3.8) is 0 Å². The standard InChI is InChI=1S/C15H17ClN4O2/c16-14-9-12(22-19-14)1-2-15(21)20-7-3-11(4-8-20)13-10-17-5-6-18-13/h5-6,9-11H,1-4,7-8H2. The number of carbonyl (C=O) groups excluding carboxylic acids is 1. The van der Waals surface area contributed by atoms with Crippen LogP contribution in [0.3, 0.4) is 0 Å². The first-order valence-electron chi connectivity index (χ1n) is 7.37. The van der Waals surface area contributed by atoms with Gasteiger partial charge in [0.25, 0.3) is 0 Å². The Kier molecular flexibility index (Phi) is 4.68. The Balaban J connectivity index is 1.47. The quantitative estimate of drug-likeness (QED) is 0.865. The van der Waals surface area contributed by atoms with Crippen molar-refractivity contribution in [2.45, 2.75) is 31.6 Å². The van der Waals surface area contributed by atoms with Crippen LogP contribution in [0.1, 0.15) is 36.6 Å². The third-order valence-corrected chi connectivity index (χ3v) is 4.14. The van der Waals surface area contributed by atoms with Crippen molar-refractivity contribution in [1.82, 2.24) is 20.0 Å². The molecule has 1 amide bonds. The molecule has 2 aromatic rings. The van der Waals surface area contributed by atoms with Crippen LogP contribution < -0.4 is 0 Å². The van der Waals surface area contributed by atoms with Crippen molar-refractivity contribution in [2.75, 3.05) is 13.1 Å². The number of aryl methyl sites for hydroxylation is 1. The molecule has 1 fully saturated rings. The molecule has 6 nitrogen and oxygen atoms in total.